The van der Waals surface area contributed by atoms with Crippen LogP contribution in [0, 0.1) is 11.8 Å². The fourth-order valence-corrected chi connectivity index (χ4v) is 4.40. The number of halogens is 3. The van der Waals surface area contributed by atoms with Gasteiger partial charge in [-0.15, -0.1) is 0 Å². The van der Waals surface area contributed by atoms with Crippen LogP contribution in [-0.2, 0) is 11.3 Å². The fraction of sp³-hybridized carbons (Fsp3) is 0.647. The number of aromatic nitrogens is 1. The van der Waals surface area contributed by atoms with E-state index in [0.29, 0.717) is 19.6 Å². The van der Waals surface area contributed by atoms with Crippen molar-refractivity contribution >= 4 is 40.7 Å². The first-order valence-corrected chi connectivity index (χ1v) is 9.61. The Balaban J connectivity index is 1.86. The molecule has 1 N–H and O–H groups in total. The van der Waals surface area contributed by atoms with Crippen molar-refractivity contribution in [2.75, 3.05) is 13.1 Å². The van der Waals surface area contributed by atoms with Gasteiger partial charge in [0.2, 0.25) is 9.70 Å². The maximum Gasteiger partial charge on any atom is 0.250 e. The van der Waals surface area contributed by atoms with Gasteiger partial charge in [0.1, 0.15) is 6.17 Å². The Bertz CT molecular complexity index is 714. The molecule has 3 atom stereocenters. The average Bonchev–Trinajstić information content (AvgIpc) is 2.52. The first-order chi connectivity index (χ1) is 11.7. The predicted molar refractivity (Wildman–Crippen MR) is 100 cm³/mol. The largest absolute Gasteiger partial charge is 0.336 e. The highest BCUT2D eigenvalue weighted by Crippen LogP contribution is 2.39. The molecule has 2 aliphatic rings. The molecule has 1 aromatic heterocycles. The smallest absolute Gasteiger partial charge is 0.250 e. The van der Waals surface area contributed by atoms with Gasteiger partial charge >= 0.3 is 0 Å². The molecule has 1 aromatic rings. The molecule has 0 spiro atoms. The van der Waals surface area contributed by atoms with Crippen molar-refractivity contribution in [1.29, 1.82) is 0 Å². The molecule has 0 radical (unpaired) electrons. The molecule has 1 amide bonds. The lowest BCUT2D eigenvalue weighted by Gasteiger charge is -2.47. The molecular weight excluding hydrogens is 385 g/mol. The van der Waals surface area contributed by atoms with E-state index in [-0.39, 0.29) is 29.2 Å². The van der Waals surface area contributed by atoms with Crippen LogP contribution in [0.1, 0.15) is 31.9 Å². The first-order valence-electron chi connectivity index (χ1n) is 8.47. The Kier molecular flexibility index (Phi) is 5.41. The van der Waals surface area contributed by atoms with Gasteiger partial charge in [-0.05, 0) is 18.4 Å². The van der Waals surface area contributed by atoms with Crippen LogP contribution in [-0.4, -0.2) is 38.4 Å². The van der Waals surface area contributed by atoms with E-state index in [1.807, 2.05) is 15.5 Å². The fourth-order valence-electron chi connectivity index (χ4n) is 3.83. The second-order valence-electron chi connectivity index (χ2n) is 7.26. The summed E-state index contributed by atoms with van der Waals surface area (Å²) in [6, 6.07) is 5.37. The van der Waals surface area contributed by atoms with Gasteiger partial charge in [0, 0.05) is 43.2 Å². The van der Waals surface area contributed by atoms with Crippen molar-refractivity contribution < 1.29 is 4.79 Å². The zero-order chi connectivity index (χ0) is 18.4. The standard InChI is InChI=1S/C17H22Cl3N3O2/c1-10(2)15(25)21-16(17(18,19)20)22-7-11-6-12(9-22)13-4-3-5-14(24)23(13)8-11/h3-5,10-12,16H,6-9H2,1-2H3,(H,21,25)/t11-,12+,16?/m0/s1. The summed E-state index contributed by atoms with van der Waals surface area (Å²) >= 11 is 18.5. The molecule has 5 nitrogen and oxygen atoms in total. The SMILES string of the molecule is CC(C)C(=O)NC(N1C[C@@H]2C[C@H](C1)c1cccc(=O)n1C2)C(Cl)(Cl)Cl. The number of fused-ring (bicyclic) bond motifs is 4. The highest BCUT2D eigenvalue weighted by atomic mass is 35.6. The summed E-state index contributed by atoms with van der Waals surface area (Å²) in [6.45, 7) is 5.58. The summed E-state index contributed by atoms with van der Waals surface area (Å²) < 4.78 is 0.222. The zero-order valence-corrected chi connectivity index (χ0v) is 16.5. The predicted octanol–water partition coefficient (Wildman–Crippen LogP) is 2.74. The molecule has 0 aromatic carbocycles. The number of carbonyl (C=O) groups is 1. The third-order valence-corrected chi connectivity index (χ3v) is 5.61. The lowest BCUT2D eigenvalue weighted by Crippen LogP contribution is -2.60. The Labute approximate surface area is 162 Å². The molecular formula is C17H22Cl3N3O2. The van der Waals surface area contributed by atoms with Gasteiger partial charge in [0.25, 0.3) is 5.56 Å². The summed E-state index contributed by atoms with van der Waals surface area (Å²) in [5, 5.41) is 2.87. The lowest BCUT2D eigenvalue weighted by molar-refractivity contribution is -0.126. The number of pyridine rings is 1. The monoisotopic (exact) mass is 405 g/mol. The average molecular weight is 407 g/mol. The van der Waals surface area contributed by atoms with Crippen LogP contribution >= 0.6 is 34.8 Å². The Morgan fingerprint density at radius 3 is 2.60 bits per heavy atom. The lowest BCUT2D eigenvalue weighted by atomic mass is 9.83. The van der Waals surface area contributed by atoms with Gasteiger partial charge < -0.3 is 9.88 Å². The zero-order valence-electron chi connectivity index (χ0n) is 14.2. The van der Waals surface area contributed by atoms with Gasteiger partial charge in [-0.25, -0.2) is 0 Å². The summed E-state index contributed by atoms with van der Waals surface area (Å²) in [6.07, 6.45) is 0.310. The van der Waals surface area contributed by atoms with Crippen LogP contribution in [0.25, 0.3) is 0 Å². The third-order valence-electron chi connectivity index (χ3n) is 4.99. The number of hydrogen-bond donors (Lipinski definition) is 1. The van der Waals surface area contributed by atoms with Crippen LogP contribution in [0.3, 0.4) is 0 Å². The molecule has 0 saturated carbocycles. The van der Waals surface area contributed by atoms with Crippen LogP contribution in [0.2, 0.25) is 0 Å². The van der Waals surface area contributed by atoms with Crippen molar-refractivity contribution in [3.05, 3.63) is 34.2 Å². The number of carbonyl (C=O) groups excluding carboxylic acids is 1. The van der Waals surface area contributed by atoms with E-state index in [9.17, 15) is 9.59 Å². The topological polar surface area (TPSA) is 54.3 Å². The number of alkyl halides is 3. The number of piperidine rings is 1. The number of hydrogen-bond acceptors (Lipinski definition) is 3. The van der Waals surface area contributed by atoms with Gasteiger partial charge in [0.05, 0.1) is 0 Å². The second-order valence-corrected chi connectivity index (χ2v) is 9.63. The van der Waals surface area contributed by atoms with Crippen molar-refractivity contribution in [1.82, 2.24) is 14.8 Å². The highest BCUT2D eigenvalue weighted by Gasteiger charge is 2.44. The number of amides is 1. The van der Waals surface area contributed by atoms with E-state index in [1.165, 1.54) is 0 Å². The van der Waals surface area contributed by atoms with Gasteiger partial charge in [-0.1, -0.05) is 54.7 Å². The Morgan fingerprint density at radius 1 is 1.24 bits per heavy atom. The molecule has 25 heavy (non-hydrogen) atoms. The molecule has 1 fully saturated rings. The van der Waals surface area contributed by atoms with Gasteiger partial charge in [0.15, 0.2) is 0 Å². The minimum absolute atomic E-state index is 0.0340. The summed E-state index contributed by atoms with van der Waals surface area (Å²) in [4.78, 5) is 26.3. The van der Waals surface area contributed by atoms with Crippen molar-refractivity contribution in [3.63, 3.8) is 0 Å². The van der Waals surface area contributed by atoms with E-state index in [0.717, 1.165) is 12.1 Å². The van der Waals surface area contributed by atoms with Gasteiger partial charge in [-0.2, -0.15) is 0 Å². The molecule has 138 valence electrons. The number of likely N-dealkylation sites (tertiary alicyclic amines) is 1. The second kappa shape index (κ2) is 7.10. The van der Waals surface area contributed by atoms with E-state index in [1.54, 1.807) is 26.0 Å². The summed E-state index contributed by atoms with van der Waals surface area (Å²) in [5.41, 5.74) is 1.05. The normalized spacial score (nSPS) is 24.7. The van der Waals surface area contributed by atoms with E-state index < -0.39 is 9.96 Å². The van der Waals surface area contributed by atoms with Crippen LogP contribution in [0.4, 0.5) is 0 Å². The molecule has 3 heterocycles. The Hall–Kier alpha value is -0.750. The van der Waals surface area contributed by atoms with Gasteiger partial charge in [-0.3, -0.25) is 14.5 Å². The molecule has 1 saturated heterocycles. The van der Waals surface area contributed by atoms with Crippen molar-refractivity contribution in [3.8, 4) is 0 Å². The van der Waals surface area contributed by atoms with Crippen molar-refractivity contribution in [2.45, 2.75) is 42.7 Å². The maximum absolute atomic E-state index is 12.2. The third kappa shape index (κ3) is 4.00. The van der Waals surface area contributed by atoms with E-state index in [2.05, 4.69) is 5.32 Å². The van der Waals surface area contributed by atoms with E-state index >= 15 is 0 Å². The Morgan fingerprint density at radius 2 is 1.96 bits per heavy atom. The van der Waals surface area contributed by atoms with Crippen molar-refractivity contribution in [2.24, 2.45) is 11.8 Å². The maximum atomic E-state index is 12.2. The van der Waals surface area contributed by atoms with Crippen LogP contribution in [0.5, 0.6) is 0 Å². The molecule has 1 unspecified atom stereocenters. The minimum atomic E-state index is -1.63. The highest BCUT2D eigenvalue weighted by molar-refractivity contribution is 6.68. The summed E-state index contributed by atoms with van der Waals surface area (Å²) in [7, 11) is 0. The molecule has 0 aliphatic carbocycles. The molecule has 2 aliphatic heterocycles. The minimum Gasteiger partial charge on any atom is -0.336 e. The first kappa shape index (κ1) is 19.0. The number of nitrogens with one attached hydrogen (secondary N) is 1. The molecule has 8 heteroatoms. The number of rotatable bonds is 3. The number of nitrogens with zero attached hydrogens (tertiary/aromatic N) is 2. The van der Waals surface area contributed by atoms with Crippen LogP contribution in [0.15, 0.2) is 23.0 Å². The van der Waals surface area contributed by atoms with E-state index in [4.69, 9.17) is 34.8 Å². The summed E-state index contributed by atoms with van der Waals surface area (Å²) in [5.74, 6) is 0.131. The van der Waals surface area contributed by atoms with Crippen LogP contribution < -0.4 is 10.9 Å². The molecule has 2 bridgehead atoms. The molecule has 3 rings (SSSR count). The quantitative estimate of drug-likeness (QED) is 0.785.